The number of thiocarbonyl (C=S) groups is 1. The van der Waals surface area contributed by atoms with Crippen molar-refractivity contribution in [3.8, 4) is 0 Å². The highest BCUT2D eigenvalue weighted by molar-refractivity contribution is 8.23. The molecule has 1 fully saturated rings. The number of carbonyl (C=O) groups is 1. The SMILES string of the molecule is CC[C@@H](O)CC(=O)N1C(=S)SCC1(C)C. The summed E-state index contributed by atoms with van der Waals surface area (Å²) >= 11 is 6.67. The van der Waals surface area contributed by atoms with Crippen molar-refractivity contribution in [2.75, 3.05) is 5.75 Å². The standard InChI is InChI=1S/C10H17NO2S2/c1-4-7(12)5-8(13)11-9(14)15-6-10(11,2)3/h7,12H,4-6H2,1-3H3/t7-/m1/s1. The molecule has 0 aromatic rings. The van der Waals surface area contributed by atoms with Gasteiger partial charge in [0.25, 0.3) is 0 Å². The van der Waals surface area contributed by atoms with Crippen molar-refractivity contribution >= 4 is 34.2 Å². The number of aliphatic hydroxyl groups excluding tert-OH is 1. The molecule has 0 aliphatic carbocycles. The van der Waals surface area contributed by atoms with E-state index in [-0.39, 0.29) is 17.9 Å². The molecule has 1 aliphatic rings. The van der Waals surface area contributed by atoms with E-state index < -0.39 is 6.10 Å². The number of nitrogens with zero attached hydrogens (tertiary/aromatic N) is 1. The Hall–Kier alpha value is -0.130. The lowest BCUT2D eigenvalue weighted by Gasteiger charge is -2.30. The molecule has 1 saturated heterocycles. The maximum atomic E-state index is 11.9. The first-order chi connectivity index (χ1) is 6.88. The second-order valence-corrected chi connectivity index (χ2v) is 5.97. The molecule has 0 unspecified atom stereocenters. The maximum Gasteiger partial charge on any atom is 0.231 e. The summed E-state index contributed by atoms with van der Waals surface area (Å²) in [4.78, 5) is 13.6. The van der Waals surface area contributed by atoms with Crippen LogP contribution in [-0.4, -0.2) is 37.6 Å². The number of rotatable bonds is 3. The normalized spacial score (nSPS) is 21.9. The predicted octanol–water partition coefficient (Wildman–Crippen LogP) is 1.79. The van der Waals surface area contributed by atoms with Crippen molar-refractivity contribution in [3.05, 3.63) is 0 Å². The van der Waals surface area contributed by atoms with E-state index >= 15 is 0 Å². The Bertz CT molecular complexity index is 279. The monoisotopic (exact) mass is 247 g/mol. The lowest BCUT2D eigenvalue weighted by Crippen LogP contribution is -2.46. The Kier molecular flexibility index (Phi) is 4.14. The van der Waals surface area contributed by atoms with Gasteiger partial charge in [-0.2, -0.15) is 0 Å². The summed E-state index contributed by atoms with van der Waals surface area (Å²) in [5.74, 6) is 0.768. The zero-order valence-corrected chi connectivity index (χ0v) is 11.0. The molecule has 86 valence electrons. The van der Waals surface area contributed by atoms with Gasteiger partial charge in [-0.25, -0.2) is 0 Å². The van der Waals surface area contributed by atoms with Gasteiger partial charge in [-0.05, 0) is 20.3 Å². The van der Waals surface area contributed by atoms with Crippen LogP contribution in [0.3, 0.4) is 0 Å². The molecule has 1 rings (SSSR count). The molecule has 0 radical (unpaired) electrons. The summed E-state index contributed by atoms with van der Waals surface area (Å²) in [7, 11) is 0. The van der Waals surface area contributed by atoms with Crippen LogP contribution in [0.25, 0.3) is 0 Å². The molecule has 1 amide bonds. The summed E-state index contributed by atoms with van der Waals surface area (Å²) in [6.07, 6.45) is 0.210. The molecule has 0 spiro atoms. The van der Waals surface area contributed by atoms with Gasteiger partial charge in [-0.15, -0.1) is 0 Å². The third-order valence-electron chi connectivity index (χ3n) is 2.47. The smallest absolute Gasteiger partial charge is 0.231 e. The molecule has 0 bridgehead atoms. The number of hydrogen-bond donors (Lipinski definition) is 1. The van der Waals surface area contributed by atoms with Crippen LogP contribution in [0.1, 0.15) is 33.6 Å². The minimum Gasteiger partial charge on any atom is -0.393 e. The number of thioether (sulfide) groups is 1. The quantitative estimate of drug-likeness (QED) is 0.772. The molecule has 0 saturated carbocycles. The summed E-state index contributed by atoms with van der Waals surface area (Å²) in [6, 6.07) is 0. The van der Waals surface area contributed by atoms with Crippen molar-refractivity contribution in [1.29, 1.82) is 0 Å². The second kappa shape index (κ2) is 4.80. The van der Waals surface area contributed by atoms with Crippen LogP contribution in [0.2, 0.25) is 0 Å². The van der Waals surface area contributed by atoms with Crippen LogP contribution < -0.4 is 0 Å². The van der Waals surface area contributed by atoms with Gasteiger partial charge >= 0.3 is 0 Å². The summed E-state index contributed by atoms with van der Waals surface area (Å²) < 4.78 is 0.633. The number of amides is 1. The molecular weight excluding hydrogens is 230 g/mol. The molecule has 15 heavy (non-hydrogen) atoms. The van der Waals surface area contributed by atoms with E-state index in [0.29, 0.717) is 10.7 Å². The summed E-state index contributed by atoms with van der Waals surface area (Å²) in [6.45, 7) is 5.85. The Morgan fingerprint density at radius 1 is 1.73 bits per heavy atom. The van der Waals surface area contributed by atoms with Crippen molar-refractivity contribution in [2.24, 2.45) is 0 Å². The van der Waals surface area contributed by atoms with Crippen molar-refractivity contribution in [2.45, 2.75) is 45.3 Å². The first-order valence-corrected chi connectivity index (χ1v) is 6.45. The highest BCUT2D eigenvalue weighted by atomic mass is 32.2. The Morgan fingerprint density at radius 3 is 2.73 bits per heavy atom. The van der Waals surface area contributed by atoms with Gasteiger partial charge in [-0.3, -0.25) is 9.69 Å². The van der Waals surface area contributed by atoms with Gasteiger partial charge in [0.2, 0.25) is 5.91 Å². The van der Waals surface area contributed by atoms with Gasteiger partial charge in [0, 0.05) is 5.75 Å². The third-order valence-corrected chi connectivity index (χ3v) is 4.28. The first kappa shape index (κ1) is 12.9. The highest BCUT2D eigenvalue weighted by Crippen LogP contribution is 2.33. The molecule has 1 atom stereocenters. The molecule has 1 aliphatic heterocycles. The second-order valence-electron chi connectivity index (χ2n) is 4.36. The zero-order valence-electron chi connectivity index (χ0n) is 9.32. The minimum absolute atomic E-state index is 0.0654. The molecule has 1 heterocycles. The fourth-order valence-electron chi connectivity index (χ4n) is 1.49. The fraction of sp³-hybridized carbons (Fsp3) is 0.800. The first-order valence-electron chi connectivity index (χ1n) is 5.06. The van der Waals surface area contributed by atoms with Gasteiger partial charge in [-0.1, -0.05) is 30.9 Å². The van der Waals surface area contributed by atoms with Crippen LogP contribution in [-0.2, 0) is 4.79 Å². The van der Waals surface area contributed by atoms with E-state index in [1.54, 1.807) is 4.90 Å². The lowest BCUT2D eigenvalue weighted by atomic mass is 10.1. The highest BCUT2D eigenvalue weighted by Gasteiger charge is 2.40. The van der Waals surface area contributed by atoms with Gasteiger partial charge < -0.3 is 5.11 Å². The molecule has 3 nitrogen and oxygen atoms in total. The van der Waals surface area contributed by atoms with E-state index in [9.17, 15) is 9.90 Å². The van der Waals surface area contributed by atoms with E-state index in [1.165, 1.54) is 11.8 Å². The van der Waals surface area contributed by atoms with Crippen LogP contribution >= 0.6 is 24.0 Å². The van der Waals surface area contributed by atoms with Crippen molar-refractivity contribution in [3.63, 3.8) is 0 Å². The van der Waals surface area contributed by atoms with Crippen molar-refractivity contribution < 1.29 is 9.90 Å². The van der Waals surface area contributed by atoms with Crippen LogP contribution in [0, 0.1) is 0 Å². The Labute approximate surface area is 100 Å². The maximum absolute atomic E-state index is 11.9. The average molecular weight is 247 g/mol. The van der Waals surface area contributed by atoms with E-state index in [4.69, 9.17) is 12.2 Å². The predicted molar refractivity (Wildman–Crippen MR) is 66.9 cm³/mol. The van der Waals surface area contributed by atoms with E-state index in [1.807, 2.05) is 20.8 Å². The fourth-order valence-corrected chi connectivity index (χ4v) is 3.10. The molecule has 0 aromatic carbocycles. The van der Waals surface area contributed by atoms with Crippen LogP contribution in [0.5, 0.6) is 0 Å². The topological polar surface area (TPSA) is 40.5 Å². The number of hydrogen-bond acceptors (Lipinski definition) is 4. The Morgan fingerprint density at radius 2 is 2.33 bits per heavy atom. The third kappa shape index (κ3) is 2.92. The number of aliphatic hydroxyl groups is 1. The van der Waals surface area contributed by atoms with E-state index in [2.05, 4.69) is 0 Å². The molecule has 5 heteroatoms. The van der Waals surface area contributed by atoms with Crippen LogP contribution in [0.4, 0.5) is 0 Å². The summed E-state index contributed by atoms with van der Waals surface area (Å²) in [5, 5.41) is 9.45. The van der Waals surface area contributed by atoms with Gasteiger partial charge in [0.05, 0.1) is 18.1 Å². The Balaban J connectivity index is 2.69. The largest absolute Gasteiger partial charge is 0.393 e. The minimum atomic E-state index is -0.554. The van der Waals surface area contributed by atoms with Gasteiger partial charge in [0.15, 0.2) is 0 Å². The van der Waals surface area contributed by atoms with Crippen molar-refractivity contribution in [1.82, 2.24) is 4.90 Å². The van der Waals surface area contributed by atoms with E-state index in [0.717, 1.165) is 5.75 Å². The van der Waals surface area contributed by atoms with Gasteiger partial charge in [0.1, 0.15) is 4.32 Å². The molecule has 0 aromatic heterocycles. The average Bonchev–Trinajstić information content (AvgIpc) is 2.40. The molecular formula is C10H17NO2S2. The molecule has 1 N–H and O–H groups in total. The lowest BCUT2D eigenvalue weighted by molar-refractivity contribution is -0.132. The number of carbonyl (C=O) groups excluding carboxylic acids is 1. The zero-order chi connectivity index (χ0) is 11.6. The van der Waals surface area contributed by atoms with Crippen LogP contribution in [0.15, 0.2) is 0 Å². The summed E-state index contributed by atoms with van der Waals surface area (Å²) in [5.41, 5.74) is -0.216.